The van der Waals surface area contributed by atoms with Crippen molar-refractivity contribution in [3.8, 4) is 0 Å². The van der Waals surface area contributed by atoms with Crippen molar-refractivity contribution in [2.24, 2.45) is 0 Å². The summed E-state index contributed by atoms with van der Waals surface area (Å²) < 4.78 is 11.7. The number of halogens is 1. The van der Waals surface area contributed by atoms with Crippen LogP contribution in [0.4, 0.5) is 10.6 Å². The minimum absolute atomic E-state index is 0. The van der Waals surface area contributed by atoms with Gasteiger partial charge in [0.1, 0.15) is 11.1 Å². The smallest absolute Gasteiger partial charge is 0.413 e. The lowest BCUT2D eigenvalue weighted by Gasteiger charge is -2.19. The molecule has 2 heterocycles. The largest absolute Gasteiger partial charge is 0.465 e. The van der Waals surface area contributed by atoms with Crippen molar-refractivity contribution in [3.63, 3.8) is 0 Å². The summed E-state index contributed by atoms with van der Waals surface area (Å²) in [4.78, 5) is 32.5. The summed E-state index contributed by atoms with van der Waals surface area (Å²) in [5, 5.41) is 2.81. The quantitative estimate of drug-likeness (QED) is 0.672. The number of hydrogen-bond donors (Lipinski definition) is 1. The van der Waals surface area contributed by atoms with E-state index in [2.05, 4.69) is 15.3 Å². The summed E-state index contributed by atoms with van der Waals surface area (Å²) in [5.41, 5.74) is 1.18. The van der Waals surface area contributed by atoms with Crippen molar-refractivity contribution < 1.29 is 19.1 Å². The average molecular weight is 389 g/mol. The molecule has 1 aromatic carbocycles. The number of carbonyl (C=O) groups excluding carboxylic acids is 2. The van der Waals surface area contributed by atoms with Crippen molar-refractivity contribution in [1.82, 2.24) is 14.4 Å². The number of esters is 1. The number of carbonyl (C=O) groups is 2. The first kappa shape index (κ1) is 20.4. The van der Waals surface area contributed by atoms with Gasteiger partial charge in [-0.2, -0.15) is 0 Å². The maximum absolute atomic E-state index is 12.1. The topological polar surface area (TPSA) is 94.8 Å². The molecule has 3 aromatic rings. The standard InChI is InChI=1S/C17H17ClN4O4.C/c1-17(2,3)26-16(24)21-14-13-7-19-8-22(13)12-5-9(15(23)25-4)10(18)6-11(12)20-14;/h5-8H,1-4H3,(H,20,21,24);. The molecule has 1 N–H and O–H groups in total. The Morgan fingerprint density at radius 2 is 1.93 bits per heavy atom. The molecule has 0 aliphatic heterocycles. The van der Waals surface area contributed by atoms with E-state index in [1.807, 2.05) is 0 Å². The van der Waals surface area contributed by atoms with Crippen molar-refractivity contribution in [3.05, 3.63) is 42.7 Å². The summed E-state index contributed by atoms with van der Waals surface area (Å²) in [7, 11) is 1.28. The van der Waals surface area contributed by atoms with Crippen LogP contribution in [0.5, 0.6) is 0 Å². The van der Waals surface area contributed by atoms with Gasteiger partial charge in [-0.05, 0) is 32.9 Å². The van der Waals surface area contributed by atoms with E-state index in [0.29, 0.717) is 16.6 Å². The van der Waals surface area contributed by atoms with Crippen LogP contribution in [-0.2, 0) is 9.47 Å². The Bertz CT molecular complexity index is 1020. The first-order chi connectivity index (χ1) is 12.2. The molecule has 2 aromatic heterocycles. The number of rotatable bonds is 2. The van der Waals surface area contributed by atoms with E-state index in [1.165, 1.54) is 13.2 Å². The second kappa shape index (κ2) is 7.40. The van der Waals surface area contributed by atoms with Gasteiger partial charge in [0.25, 0.3) is 0 Å². The number of ether oxygens (including phenoxy) is 2. The molecule has 0 fully saturated rings. The van der Waals surface area contributed by atoms with Gasteiger partial charge in [-0.1, -0.05) is 11.6 Å². The molecule has 9 heteroatoms. The molecular formula is C18H17ClN4O4. The molecule has 27 heavy (non-hydrogen) atoms. The maximum atomic E-state index is 12.1. The van der Waals surface area contributed by atoms with Gasteiger partial charge < -0.3 is 9.47 Å². The molecule has 140 valence electrons. The Labute approximate surface area is 161 Å². The second-order valence-corrected chi connectivity index (χ2v) is 6.96. The monoisotopic (exact) mass is 388 g/mol. The molecule has 1 amide bonds. The number of amides is 1. The van der Waals surface area contributed by atoms with Gasteiger partial charge in [-0.25, -0.2) is 19.6 Å². The zero-order valence-corrected chi connectivity index (χ0v) is 15.9. The number of aromatic nitrogens is 3. The number of fused-ring (bicyclic) bond motifs is 3. The van der Waals surface area contributed by atoms with Crippen LogP contribution in [0, 0.1) is 7.43 Å². The van der Waals surface area contributed by atoms with E-state index >= 15 is 0 Å². The molecule has 0 atom stereocenters. The van der Waals surface area contributed by atoms with E-state index in [4.69, 9.17) is 21.1 Å². The highest BCUT2D eigenvalue weighted by molar-refractivity contribution is 6.34. The number of anilines is 1. The summed E-state index contributed by atoms with van der Waals surface area (Å²) in [6, 6.07) is 3.10. The van der Waals surface area contributed by atoms with E-state index in [-0.39, 0.29) is 23.8 Å². The molecule has 8 nitrogen and oxygen atoms in total. The highest BCUT2D eigenvalue weighted by atomic mass is 35.5. The SMILES string of the molecule is COC(=O)c1cc2c(cc1Cl)nc(NC(=O)OC(C)(C)C)c1cncn12.[C]. The molecular weight excluding hydrogens is 372 g/mol. The number of nitrogens with zero attached hydrogens (tertiary/aromatic N) is 3. The highest BCUT2D eigenvalue weighted by Gasteiger charge is 2.20. The van der Waals surface area contributed by atoms with Gasteiger partial charge in [-0.3, -0.25) is 9.72 Å². The fourth-order valence-electron chi connectivity index (χ4n) is 2.43. The lowest BCUT2D eigenvalue weighted by Crippen LogP contribution is -2.27. The van der Waals surface area contributed by atoms with Crippen LogP contribution in [-0.4, -0.2) is 39.1 Å². The van der Waals surface area contributed by atoms with Crippen molar-refractivity contribution in [2.45, 2.75) is 26.4 Å². The minimum Gasteiger partial charge on any atom is -0.465 e. The van der Waals surface area contributed by atoms with E-state index in [1.54, 1.807) is 43.8 Å². The lowest BCUT2D eigenvalue weighted by atomic mass is 10.2. The van der Waals surface area contributed by atoms with Crippen molar-refractivity contribution >= 4 is 46.0 Å². The van der Waals surface area contributed by atoms with Crippen LogP contribution < -0.4 is 5.32 Å². The number of benzene rings is 1. The molecule has 0 saturated carbocycles. The Morgan fingerprint density at radius 1 is 1.22 bits per heavy atom. The first-order valence-corrected chi connectivity index (χ1v) is 8.11. The normalized spacial score (nSPS) is 11.1. The fraction of sp³-hybridized carbons (Fsp3) is 0.278. The third-order valence-corrected chi connectivity index (χ3v) is 3.77. The van der Waals surface area contributed by atoms with Gasteiger partial charge in [0.2, 0.25) is 0 Å². The fourth-order valence-corrected chi connectivity index (χ4v) is 2.67. The first-order valence-electron chi connectivity index (χ1n) is 7.73. The maximum Gasteiger partial charge on any atom is 0.413 e. The van der Waals surface area contributed by atoms with Crippen LogP contribution in [0.3, 0.4) is 0 Å². The molecule has 0 aliphatic carbocycles. The van der Waals surface area contributed by atoms with Gasteiger partial charge in [0.15, 0.2) is 5.82 Å². The van der Waals surface area contributed by atoms with Crippen LogP contribution in [0.1, 0.15) is 31.1 Å². The van der Waals surface area contributed by atoms with Crippen LogP contribution >= 0.6 is 11.6 Å². The van der Waals surface area contributed by atoms with Gasteiger partial charge in [0.05, 0.1) is 41.3 Å². The highest BCUT2D eigenvalue weighted by Crippen LogP contribution is 2.27. The van der Waals surface area contributed by atoms with E-state index in [0.717, 1.165) is 0 Å². The number of hydrogen-bond acceptors (Lipinski definition) is 6. The Kier molecular flexibility index (Phi) is 5.60. The van der Waals surface area contributed by atoms with Gasteiger partial charge >= 0.3 is 12.1 Å². The molecule has 4 radical (unpaired) electrons. The zero-order chi connectivity index (χ0) is 19.1. The number of methoxy groups -OCH3 is 1. The summed E-state index contributed by atoms with van der Waals surface area (Å²) in [6.45, 7) is 5.30. The van der Waals surface area contributed by atoms with Crippen LogP contribution in [0.2, 0.25) is 5.02 Å². The number of imidazole rings is 1. The molecule has 0 bridgehead atoms. The predicted molar refractivity (Wildman–Crippen MR) is 99.9 cm³/mol. The van der Waals surface area contributed by atoms with E-state index < -0.39 is 17.7 Å². The Balaban J connectivity index is 0.00000261. The summed E-state index contributed by atoms with van der Waals surface area (Å²) in [5.74, 6) is -0.285. The predicted octanol–water partition coefficient (Wildman–Crippen LogP) is 3.75. The van der Waals surface area contributed by atoms with E-state index in [9.17, 15) is 9.59 Å². The minimum atomic E-state index is -0.643. The third kappa shape index (κ3) is 4.11. The van der Waals surface area contributed by atoms with Crippen LogP contribution in [0.25, 0.3) is 16.6 Å². The van der Waals surface area contributed by atoms with Gasteiger partial charge in [-0.15, -0.1) is 0 Å². The summed E-state index contributed by atoms with van der Waals surface area (Å²) in [6.07, 6.45) is 2.46. The van der Waals surface area contributed by atoms with Crippen LogP contribution in [0.15, 0.2) is 24.7 Å². The molecule has 0 spiro atoms. The van der Waals surface area contributed by atoms with Crippen molar-refractivity contribution in [1.29, 1.82) is 0 Å². The Hall–Kier alpha value is -2.87. The van der Waals surface area contributed by atoms with Crippen molar-refractivity contribution in [2.75, 3.05) is 12.4 Å². The summed E-state index contributed by atoms with van der Waals surface area (Å²) >= 11 is 6.17. The Morgan fingerprint density at radius 3 is 2.56 bits per heavy atom. The van der Waals surface area contributed by atoms with Gasteiger partial charge in [0, 0.05) is 7.43 Å². The zero-order valence-electron chi connectivity index (χ0n) is 15.2. The molecule has 0 saturated heterocycles. The third-order valence-electron chi connectivity index (χ3n) is 3.46. The number of nitrogens with one attached hydrogen (secondary N) is 1. The lowest BCUT2D eigenvalue weighted by molar-refractivity contribution is 0.0598. The second-order valence-electron chi connectivity index (χ2n) is 6.55. The average Bonchev–Trinajstić information content (AvgIpc) is 3.02. The molecule has 0 unspecified atom stereocenters. The molecule has 0 aliphatic rings. The molecule has 3 rings (SSSR count).